The fraction of sp³-hybridized carbons (Fsp3) is 0.947. The van der Waals surface area contributed by atoms with E-state index in [4.69, 9.17) is 0 Å². The lowest BCUT2D eigenvalue weighted by atomic mass is 10.0. The van der Waals surface area contributed by atoms with Crippen molar-refractivity contribution >= 4 is 0 Å². The molecule has 150 valence electrons. The highest BCUT2D eigenvalue weighted by atomic mass is 35.5. The molecule has 6 nitrogen and oxygen atoms in total. The van der Waals surface area contributed by atoms with E-state index in [1.807, 2.05) is 0 Å². The lowest BCUT2D eigenvalue weighted by molar-refractivity contribution is -0.00000618. The molecule has 0 aromatic carbocycles. The van der Waals surface area contributed by atoms with Crippen molar-refractivity contribution in [1.82, 2.24) is 30.0 Å². The minimum atomic E-state index is -0.0313. The predicted molar refractivity (Wildman–Crippen MR) is 100 cm³/mol. The number of halogens is 1. The Morgan fingerprint density at radius 2 is 1.73 bits per heavy atom. The molecule has 0 bridgehead atoms. The second kappa shape index (κ2) is 9.47. The van der Waals surface area contributed by atoms with Crippen LogP contribution in [-0.4, -0.2) is 62.2 Å². The van der Waals surface area contributed by atoms with Crippen LogP contribution in [0.2, 0.25) is 0 Å². The summed E-state index contributed by atoms with van der Waals surface area (Å²) >= 11 is 0. The number of nitrogens with zero attached hydrogens (tertiary/aromatic N) is 6. The molecule has 1 aromatic rings. The Hall–Kier alpha value is -0.720. The third-order valence-electron chi connectivity index (χ3n) is 6.42. The summed E-state index contributed by atoms with van der Waals surface area (Å²) < 4.78 is 2.08. The summed E-state index contributed by atoms with van der Waals surface area (Å²) in [6.45, 7) is 13.6. The van der Waals surface area contributed by atoms with Gasteiger partial charge in [0.25, 0.3) is 0 Å². The van der Waals surface area contributed by atoms with E-state index in [9.17, 15) is 0 Å². The molecule has 1 atom stereocenters. The highest BCUT2D eigenvalue weighted by molar-refractivity contribution is 4.99. The smallest absolute Gasteiger partial charge is 0.168 e. The van der Waals surface area contributed by atoms with Crippen LogP contribution in [0.4, 0.5) is 0 Å². The SMILES string of the molecule is CCCC(c1nnnn1C(C)(C)CC)N1CCN(C2CCCC2)CC1.[Cl-]. The molecule has 1 saturated heterocycles. The zero-order chi connectivity index (χ0) is 17.9. The Morgan fingerprint density at radius 3 is 2.31 bits per heavy atom. The van der Waals surface area contributed by atoms with Crippen molar-refractivity contribution < 1.29 is 12.4 Å². The van der Waals surface area contributed by atoms with Gasteiger partial charge in [0.15, 0.2) is 5.82 Å². The molecular weight excluding hydrogens is 348 g/mol. The maximum absolute atomic E-state index is 4.47. The van der Waals surface area contributed by atoms with Crippen molar-refractivity contribution in [3.8, 4) is 0 Å². The van der Waals surface area contributed by atoms with Gasteiger partial charge in [0.2, 0.25) is 0 Å². The minimum absolute atomic E-state index is 0. The van der Waals surface area contributed by atoms with Crippen LogP contribution in [0.15, 0.2) is 0 Å². The van der Waals surface area contributed by atoms with Crippen LogP contribution in [0.25, 0.3) is 0 Å². The highest BCUT2D eigenvalue weighted by Crippen LogP contribution is 2.31. The Bertz CT molecular complexity index is 532. The summed E-state index contributed by atoms with van der Waals surface area (Å²) in [5, 5.41) is 12.9. The Kier molecular flexibility index (Phi) is 7.86. The summed E-state index contributed by atoms with van der Waals surface area (Å²) in [5.41, 5.74) is -0.0313. The highest BCUT2D eigenvalue weighted by Gasteiger charge is 2.34. The van der Waals surface area contributed by atoms with Gasteiger partial charge in [-0.25, -0.2) is 4.68 Å². The van der Waals surface area contributed by atoms with E-state index in [0.717, 1.165) is 44.2 Å². The molecule has 2 fully saturated rings. The normalized spacial score (nSPS) is 21.7. The second-order valence-electron chi connectivity index (χ2n) is 8.43. The zero-order valence-electron chi connectivity index (χ0n) is 17.0. The molecule has 0 N–H and O–H groups in total. The minimum Gasteiger partial charge on any atom is -1.00 e. The van der Waals surface area contributed by atoms with Gasteiger partial charge in [0.05, 0.1) is 11.6 Å². The summed E-state index contributed by atoms with van der Waals surface area (Å²) in [5.74, 6) is 1.06. The summed E-state index contributed by atoms with van der Waals surface area (Å²) in [4.78, 5) is 5.36. The van der Waals surface area contributed by atoms with E-state index in [1.54, 1.807) is 0 Å². The van der Waals surface area contributed by atoms with Crippen LogP contribution >= 0.6 is 0 Å². The molecule has 1 unspecified atom stereocenters. The van der Waals surface area contributed by atoms with Crippen molar-refractivity contribution in [2.24, 2.45) is 0 Å². The van der Waals surface area contributed by atoms with Gasteiger partial charge in [0, 0.05) is 32.2 Å². The molecule has 2 aliphatic rings. The van der Waals surface area contributed by atoms with Gasteiger partial charge in [-0.1, -0.05) is 33.1 Å². The van der Waals surface area contributed by atoms with Crippen LogP contribution in [0, 0.1) is 0 Å². The van der Waals surface area contributed by atoms with Crippen molar-refractivity contribution in [2.75, 3.05) is 26.2 Å². The fourth-order valence-corrected chi connectivity index (χ4v) is 4.41. The number of hydrogen-bond acceptors (Lipinski definition) is 5. The first kappa shape index (κ1) is 21.6. The van der Waals surface area contributed by atoms with E-state index in [2.05, 4.69) is 57.7 Å². The predicted octanol–water partition coefficient (Wildman–Crippen LogP) is 0.224. The lowest BCUT2D eigenvalue weighted by Gasteiger charge is -2.41. The van der Waals surface area contributed by atoms with Crippen LogP contribution in [0.5, 0.6) is 0 Å². The monoisotopic (exact) mass is 383 g/mol. The maximum Gasteiger partial charge on any atom is 0.168 e. The molecule has 0 amide bonds. The molecule has 1 aliphatic carbocycles. The Balaban J connectivity index is 0.00000243. The van der Waals surface area contributed by atoms with Gasteiger partial charge < -0.3 is 12.4 Å². The fourth-order valence-electron chi connectivity index (χ4n) is 4.41. The molecule has 26 heavy (non-hydrogen) atoms. The van der Waals surface area contributed by atoms with Crippen LogP contribution in [0.1, 0.15) is 84.5 Å². The van der Waals surface area contributed by atoms with E-state index >= 15 is 0 Å². The summed E-state index contributed by atoms with van der Waals surface area (Å²) in [7, 11) is 0. The van der Waals surface area contributed by atoms with E-state index in [0.29, 0.717) is 6.04 Å². The molecule has 1 aliphatic heterocycles. The van der Waals surface area contributed by atoms with Crippen LogP contribution < -0.4 is 12.4 Å². The van der Waals surface area contributed by atoms with E-state index in [-0.39, 0.29) is 17.9 Å². The Morgan fingerprint density at radius 1 is 1.08 bits per heavy atom. The zero-order valence-corrected chi connectivity index (χ0v) is 17.8. The number of aromatic nitrogens is 4. The average Bonchev–Trinajstić information content (AvgIpc) is 3.32. The van der Waals surface area contributed by atoms with E-state index < -0.39 is 0 Å². The summed E-state index contributed by atoms with van der Waals surface area (Å²) in [6.07, 6.45) is 8.97. The van der Waals surface area contributed by atoms with Crippen LogP contribution in [-0.2, 0) is 5.54 Å². The van der Waals surface area contributed by atoms with Gasteiger partial charge in [-0.3, -0.25) is 9.80 Å². The molecule has 1 saturated carbocycles. The van der Waals surface area contributed by atoms with Gasteiger partial charge >= 0.3 is 0 Å². The third kappa shape index (κ3) is 4.57. The van der Waals surface area contributed by atoms with Gasteiger partial charge in [-0.05, 0) is 50.0 Å². The quantitative estimate of drug-likeness (QED) is 0.674. The van der Waals surface area contributed by atoms with Crippen LogP contribution in [0.3, 0.4) is 0 Å². The van der Waals surface area contributed by atoms with Gasteiger partial charge in [-0.2, -0.15) is 0 Å². The molecule has 7 heteroatoms. The lowest BCUT2D eigenvalue weighted by Crippen LogP contribution is -3.00. The topological polar surface area (TPSA) is 50.1 Å². The van der Waals surface area contributed by atoms with E-state index in [1.165, 1.54) is 38.8 Å². The van der Waals surface area contributed by atoms with Crippen molar-refractivity contribution in [1.29, 1.82) is 0 Å². The van der Waals surface area contributed by atoms with Crippen molar-refractivity contribution in [3.05, 3.63) is 5.82 Å². The van der Waals surface area contributed by atoms with Gasteiger partial charge in [-0.15, -0.1) is 5.10 Å². The Labute approximate surface area is 165 Å². The van der Waals surface area contributed by atoms with Gasteiger partial charge in [0.1, 0.15) is 0 Å². The number of hydrogen-bond donors (Lipinski definition) is 0. The number of rotatable bonds is 7. The molecule has 3 rings (SSSR count). The third-order valence-corrected chi connectivity index (χ3v) is 6.42. The number of piperazine rings is 1. The standard InChI is InChI=1S/C19H36N6.ClH/c1-5-9-17(18-20-21-22-25(18)19(3,4)6-2)24-14-12-23(13-15-24)16-10-7-8-11-16;/h16-17H,5-15H2,1-4H3;1H/p-1. The number of tetrazole rings is 1. The summed E-state index contributed by atoms with van der Waals surface area (Å²) in [6, 6.07) is 1.19. The first-order chi connectivity index (χ1) is 12.1. The average molecular weight is 384 g/mol. The molecule has 2 heterocycles. The second-order valence-corrected chi connectivity index (χ2v) is 8.43. The first-order valence-corrected chi connectivity index (χ1v) is 10.3. The largest absolute Gasteiger partial charge is 1.00 e. The van der Waals surface area contributed by atoms with Crippen molar-refractivity contribution in [3.63, 3.8) is 0 Å². The molecule has 1 aromatic heterocycles. The first-order valence-electron chi connectivity index (χ1n) is 10.3. The molecular formula is C19H36ClN6-. The maximum atomic E-state index is 4.47. The van der Waals surface area contributed by atoms with Crippen molar-refractivity contribution in [2.45, 2.75) is 90.3 Å². The molecule has 0 radical (unpaired) electrons. The molecule has 0 spiro atoms.